The van der Waals surface area contributed by atoms with E-state index in [0.29, 0.717) is 12.0 Å². The van der Waals surface area contributed by atoms with Crippen LogP contribution in [0.25, 0.3) is 0 Å². The first-order chi connectivity index (χ1) is 20.0. The molecule has 3 N–H and O–H groups in total. The molecular formula is C33H43N2O5P. The summed E-state index contributed by atoms with van der Waals surface area (Å²) in [5.74, 6) is -0.212. The molecule has 0 fully saturated rings. The van der Waals surface area contributed by atoms with E-state index in [1.807, 2.05) is 0 Å². The van der Waals surface area contributed by atoms with Gasteiger partial charge in [-0.3, -0.25) is 14.9 Å². The number of hydrogen-bond donors (Lipinski definition) is 3. The molecule has 0 saturated carbocycles. The number of non-ortho nitro benzene ring substituents is 1. The summed E-state index contributed by atoms with van der Waals surface area (Å²) in [4.78, 5) is 22.6. The van der Waals surface area contributed by atoms with Crippen molar-refractivity contribution in [1.82, 2.24) is 5.32 Å². The number of nitrogens with zero attached hydrogens (tertiary/aromatic N) is 1. The average Bonchev–Trinajstić information content (AvgIpc) is 3.01. The lowest BCUT2D eigenvalue weighted by atomic mass is 10.0. The van der Waals surface area contributed by atoms with Gasteiger partial charge in [0.1, 0.15) is 6.10 Å². The monoisotopic (exact) mass is 578 g/mol. The molecule has 0 bridgehead atoms. The van der Waals surface area contributed by atoms with E-state index in [2.05, 4.69) is 66.0 Å². The SMILES string of the molecule is O=C(CCCCCCCCCCCP(c1ccccc1)c1ccccc1)N[C@H](CO)[C@H](O)c1ccc([N+](=O)[O-])cc1. The first kappa shape index (κ1) is 32.4. The number of aliphatic hydroxyl groups excluding tert-OH is 2. The van der Waals surface area contributed by atoms with Gasteiger partial charge >= 0.3 is 0 Å². The van der Waals surface area contributed by atoms with Gasteiger partial charge in [0.05, 0.1) is 17.6 Å². The molecule has 0 aliphatic rings. The van der Waals surface area contributed by atoms with Gasteiger partial charge in [-0.1, -0.05) is 106 Å². The van der Waals surface area contributed by atoms with Crippen LogP contribution in [0.3, 0.4) is 0 Å². The number of carbonyl (C=O) groups excluding carboxylic acids is 1. The van der Waals surface area contributed by atoms with Crippen molar-refractivity contribution in [3.8, 4) is 0 Å². The minimum absolute atomic E-state index is 0.0814. The van der Waals surface area contributed by atoms with Gasteiger partial charge in [-0.2, -0.15) is 0 Å². The van der Waals surface area contributed by atoms with Crippen molar-refractivity contribution in [3.63, 3.8) is 0 Å². The Hall–Kier alpha value is -3.12. The number of rotatable bonds is 19. The van der Waals surface area contributed by atoms with E-state index < -0.39 is 23.7 Å². The number of nitrogens with one attached hydrogen (secondary N) is 1. The number of carbonyl (C=O) groups is 1. The van der Waals surface area contributed by atoms with Crippen molar-refractivity contribution < 1.29 is 19.9 Å². The highest BCUT2D eigenvalue weighted by Crippen LogP contribution is 2.34. The average molecular weight is 579 g/mol. The van der Waals surface area contributed by atoms with Gasteiger partial charge in [0.15, 0.2) is 0 Å². The van der Waals surface area contributed by atoms with Gasteiger partial charge < -0.3 is 15.5 Å². The molecule has 0 aliphatic carbocycles. The van der Waals surface area contributed by atoms with Crippen molar-refractivity contribution in [2.45, 2.75) is 76.4 Å². The second kappa shape index (κ2) is 18.3. The number of nitro groups is 1. The van der Waals surface area contributed by atoms with E-state index in [-0.39, 0.29) is 19.5 Å². The zero-order valence-electron chi connectivity index (χ0n) is 23.7. The molecule has 7 nitrogen and oxygen atoms in total. The molecule has 1 amide bonds. The lowest BCUT2D eigenvalue weighted by molar-refractivity contribution is -0.384. The number of unbranched alkanes of at least 4 members (excludes halogenated alkanes) is 8. The smallest absolute Gasteiger partial charge is 0.269 e. The molecule has 0 unspecified atom stereocenters. The molecule has 0 heterocycles. The molecule has 0 aromatic heterocycles. The summed E-state index contributed by atoms with van der Waals surface area (Å²) in [6.07, 6.45) is 10.6. The number of amides is 1. The second-order valence-corrected chi connectivity index (χ2v) is 12.7. The number of nitro benzene ring substituents is 1. The van der Waals surface area contributed by atoms with Crippen LogP contribution in [-0.2, 0) is 4.79 Å². The van der Waals surface area contributed by atoms with Crippen molar-refractivity contribution >= 4 is 30.1 Å². The summed E-state index contributed by atoms with van der Waals surface area (Å²) >= 11 is 0. The minimum Gasteiger partial charge on any atom is -0.394 e. The lowest BCUT2D eigenvalue weighted by Gasteiger charge is -2.22. The zero-order valence-corrected chi connectivity index (χ0v) is 24.6. The molecule has 3 aromatic carbocycles. The molecule has 220 valence electrons. The van der Waals surface area contributed by atoms with E-state index in [4.69, 9.17) is 0 Å². The highest BCUT2D eigenvalue weighted by Gasteiger charge is 2.22. The van der Waals surface area contributed by atoms with Gasteiger partial charge in [0, 0.05) is 18.6 Å². The fourth-order valence-electron chi connectivity index (χ4n) is 4.94. The molecule has 41 heavy (non-hydrogen) atoms. The molecular weight excluding hydrogens is 535 g/mol. The van der Waals surface area contributed by atoms with Gasteiger partial charge in [-0.05, 0) is 55.2 Å². The zero-order chi connectivity index (χ0) is 29.3. The third kappa shape index (κ3) is 11.3. The van der Waals surface area contributed by atoms with Crippen LogP contribution in [0.4, 0.5) is 5.69 Å². The van der Waals surface area contributed by atoms with Crippen LogP contribution in [0.1, 0.15) is 75.9 Å². The molecule has 2 atom stereocenters. The second-order valence-electron chi connectivity index (χ2n) is 10.4. The van der Waals surface area contributed by atoms with Gasteiger partial charge in [0.25, 0.3) is 5.69 Å². The van der Waals surface area contributed by atoms with E-state index in [1.54, 1.807) is 0 Å². The lowest BCUT2D eigenvalue weighted by Crippen LogP contribution is -2.41. The summed E-state index contributed by atoms with van der Waals surface area (Å²) in [6, 6.07) is 26.4. The Morgan fingerprint density at radius 3 is 1.73 bits per heavy atom. The summed E-state index contributed by atoms with van der Waals surface area (Å²) in [5.41, 5.74) is 0.324. The predicted molar refractivity (Wildman–Crippen MR) is 167 cm³/mol. The van der Waals surface area contributed by atoms with Crippen LogP contribution >= 0.6 is 7.92 Å². The summed E-state index contributed by atoms with van der Waals surface area (Å²) in [7, 11) is -0.300. The molecule has 0 saturated heterocycles. The maximum Gasteiger partial charge on any atom is 0.269 e. The quantitative estimate of drug-likeness (QED) is 0.0685. The number of benzene rings is 3. The van der Waals surface area contributed by atoms with Gasteiger partial charge in [0.2, 0.25) is 5.91 Å². The van der Waals surface area contributed by atoms with Crippen LogP contribution < -0.4 is 15.9 Å². The molecule has 8 heteroatoms. The molecule has 0 aliphatic heterocycles. The normalized spacial score (nSPS) is 12.7. The van der Waals surface area contributed by atoms with Crippen LogP contribution in [0.5, 0.6) is 0 Å². The topological polar surface area (TPSA) is 113 Å². The fourth-order valence-corrected chi connectivity index (χ4v) is 7.36. The largest absolute Gasteiger partial charge is 0.394 e. The Morgan fingerprint density at radius 2 is 1.24 bits per heavy atom. The number of aliphatic hydroxyl groups is 2. The van der Waals surface area contributed by atoms with E-state index in [0.717, 1.165) is 19.3 Å². The standard InChI is InChI=1S/C33H43N2O5P/c36-26-31(33(38)27-21-23-28(24-22-27)35(39)40)34-32(37)20-14-6-4-2-1-3-5-7-15-25-41(29-16-10-8-11-17-29)30-18-12-9-13-19-30/h8-13,16-19,21-24,31,33,36,38H,1-7,14-15,20,25-26H2,(H,34,37)/t31-,33-/m1/s1. The Bertz CT molecular complexity index is 1120. The molecule has 0 spiro atoms. The predicted octanol–water partition coefficient (Wildman–Crippen LogP) is 6.14. The van der Waals surface area contributed by atoms with Crippen molar-refractivity contribution in [2.75, 3.05) is 12.8 Å². The first-order valence-electron chi connectivity index (χ1n) is 14.7. The maximum absolute atomic E-state index is 12.3. The summed E-state index contributed by atoms with van der Waals surface area (Å²) < 4.78 is 0. The van der Waals surface area contributed by atoms with Crippen LogP contribution in [0.15, 0.2) is 84.9 Å². The summed E-state index contributed by atoms with van der Waals surface area (Å²) in [6.45, 7) is -0.427. The van der Waals surface area contributed by atoms with E-state index in [9.17, 15) is 25.1 Å². The van der Waals surface area contributed by atoms with E-state index >= 15 is 0 Å². The molecule has 0 radical (unpaired) electrons. The highest BCUT2D eigenvalue weighted by atomic mass is 31.1. The van der Waals surface area contributed by atoms with Crippen LogP contribution in [0.2, 0.25) is 0 Å². The Morgan fingerprint density at radius 1 is 0.756 bits per heavy atom. The number of hydrogen-bond acceptors (Lipinski definition) is 5. The minimum atomic E-state index is -1.14. The first-order valence-corrected chi connectivity index (χ1v) is 16.2. The van der Waals surface area contributed by atoms with Crippen molar-refractivity contribution in [2.24, 2.45) is 0 Å². The van der Waals surface area contributed by atoms with Gasteiger partial charge in [-0.25, -0.2) is 0 Å². The Labute approximate surface area is 244 Å². The van der Waals surface area contributed by atoms with Gasteiger partial charge in [-0.15, -0.1) is 0 Å². The summed E-state index contributed by atoms with van der Waals surface area (Å²) in [5, 5.41) is 36.5. The third-order valence-electron chi connectivity index (χ3n) is 7.29. The Kier molecular flexibility index (Phi) is 14.5. The molecule has 3 rings (SSSR count). The fraction of sp³-hybridized carbons (Fsp3) is 0.424. The molecule has 3 aromatic rings. The van der Waals surface area contributed by atoms with Crippen LogP contribution in [-0.4, -0.2) is 39.9 Å². The van der Waals surface area contributed by atoms with E-state index in [1.165, 1.54) is 79.6 Å². The van der Waals surface area contributed by atoms with Crippen molar-refractivity contribution in [1.29, 1.82) is 0 Å². The maximum atomic E-state index is 12.3. The van der Waals surface area contributed by atoms with Crippen LogP contribution in [0, 0.1) is 10.1 Å². The van der Waals surface area contributed by atoms with Crippen molar-refractivity contribution in [3.05, 3.63) is 101 Å². The third-order valence-corrected chi connectivity index (χ3v) is 9.90. The Balaban J connectivity index is 1.24. The highest BCUT2D eigenvalue weighted by molar-refractivity contribution is 7.73.